The van der Waals surface area contributed by atoms with E-state index in [1.165, 1.54) is 43.8 Å². The fourth-order valence-corrected chi connectivity index (χ4v) is 4.53. The molecule has 0 fully saturated rings. The van der Waals surface area contributed by atoms with Gasteiger partial charge in [-0.15, -0.1) is 0 Å². The van der Waals surface area contributed by atoms with Gasteiger partial charge in [0.05, 0.1) is 0 Å². The lowest BCUT2D eigenvalue weighted by Gasteiger charge is -2.23. The van der Waals surface area contributed by atoms with Gasteiger partial charge in [0.25, 0.3) is 0 Å². The number of hydrogen-bond acceptors (Lipinski definition) is 1. The van der Waals surface area contributed by atoms with E-state index in [9.17, 15) is 0 Å². The van der Waals surface area contributed by atoms with Gasteiger partial charge in [0.15, 0.2) is 0 Å². The molecule has 0 atom stereocenters. The molecule has 0 saturated heterocycles. The Balaban J connectivity index is 1.47. The highest BCUT2D eigenvalue weighted by atomic mass is 16.5. The molecule has 2 aliphatic rings. The van der Waals surface area contributed by atoms with Gasteiger partial charge in [-0.2, -0.15) is 0 Å². The number of allylic oxidation sites excluding steroid dienone is 2. The van der Waals surface area contributed by atoms with Gasteiger partial charge in [0, 0.05) is 11.1 Å². The van der Waals surface area contributed by atoms with Crippen LogP contribution in [-0.4, -0.2) is 0 Å². The molecule has 0 bridgehead atoms. The largest absolute Gasteiger partial charge is 0.457 e. The monoisotopic (exact) mass is 346 g/mol. The van der Waals surface area contributed by atoms with Crippen molar-refractivity contribution in [3.8, 4) is 0 Å². The van der Waals surface area contributed by atoms with E-state index < -0.39 is 0 Å². The van der Waals surface area contributed by atoms with Gasteiger partial charge in [-0.05, 0) is 57.7 Å². The van der Waals surface area contributed by atoms with Gasteiger partial charge in [-0.1, -0.05) is 72.8 Å². The van der Waals surface area contributed by atoms with Crippen LogP contribution in [0.4, 0.5) is 0 Å². The molecule has 0 amide bonds. The average molecular weight is 346 g/mol. The van der Waals surface area contributed by atoms with Crippen molar-refractivity contribution >= 4 is 33.1 Å². The maximum Gasteiger partial charge on any atom is 0.131 e. The Morgan fingerprint density at radius 1 is 0.519 bits per heavy atom. The second kappa shape index (κ2) is 5.59. The second-order valence-electron chi connectivity index (χ2n) is 7.29. The molecule has 1 nitrogen and oxygen atoms in total. The van der Waals surface area contributed by atoms with Crippen LogP contribution < -0.4 is 0 Å². The Hall–Kier alpha value is -3.32. The van der Waals surface area contributed by atoms with Crippen LogP contribution >= 0.6 is 0 Å². The van der Waals surface area contributed by atoms with E-state index in [0.717, 1.165) is 24.4 Å². The smallest absolute Gasteiger partial charge is 0.131 e. The van der Waals surface area contributed by atoms with Crippen molar-refractivity contribution < 1.29 is 4.74 Å². The molecule has 0 aromatic heterocycles. The van der Waals surface area contributed by atoms with Crippen LogP contribution in [0.1, 0.15) is 22.3 Å². The molecule has 128 valence electrons. The van der Waals surface area contributed by atoms with E-state index in [0.29, 0.717) is 0 Å². The van der Waals surface area contributed by atoms with E-state index in [-0.39, 0.29) is 0 Å². The van der Waals surface area contributed by atoms with Crippen molar-refractivity contribution in [3.05, 3.63) is 107 Å². The highest BCUT2D eigenvalue weighted by Gasteiger charge is 2.20. The van der Waals surface area contributed by atoms with Crippen LogP contribution in [0.5, 0.6) is 0 Å². The highest BCUT2D eigenvalue weighted by molar-refractivity contribution is 6.00. The summed E-state index contributed by atoms with van der Waals surface area (Å²) in [5, 5.41) is 5.22. The zero-order chi connectivity index (χ0) is 17.8. The highest BCUT2D eigenvalue weighted by Crippen LogP contribution is 2.39. The molecule has 6 rings (SSSR count). The molecular formula is C26H18O. The van der Waals surface area contributed by atoms with Crippen molar-refractivity contribution in [1.82, 2.24) is 0 Å². The van der Waals surface area contributed by atoms with Crippen LogP contribution in [0, 0.1) is 0 Å². The normalized spacial score (nSPS) is 14.8. The molecule has 27 heavy (non-hydrogen) atoms. The molecule has 0 heterocycles. The van der Waals surface area contributed by atoms with E-state index in [4.69, 9.17) is 4.74 Å². The minimum Gasteiger partial charge on any atom is -0.457 e. The summed E-state index contributed by atoms with van der Waals surface area (Å²) < 4.78 is 6.55. The molecule has 4 aromatic rings. The first-order valence-corrected chi connectivity index (χ1v) is 9.49. The van der Waals surface area contributed by atoms with Gasteiger partial charge in [0.1, 0.15) is 11.5 Å². The number of hydrogen-bond donors (Lipinski definition) is 0. The zero-order valence-electron chi connectivity index (χ0n) is 14.9. The molecule has 1 heteroatoms. The zero-order valence-corrected chi connectivity index (χ0v) is 14.9. The molecule has 0 aliphatic heterocycles. The van der Waals surface area contributed by atoms with Gasteiger partial charge < -0.3 is 4.74 Å². The summed E-state index contributed by atoms with van der Waals surface area (Å²) >= 11 is 0. The summed E-state index contributed by atoms with van der Waals surface area (Å²) in [4.78, 5) is 0. The van der Waals surface area contributed by atoms with Gasteiger partial charge in [-0.25, -0.2) is 0 Å². The molecular weight excluding hydrogens is 328 g/mol. The molecule has 4 aromatic carbocycles. The number of rotatable bonds is 2. The summed E-state index contributed by atoms with van der Waals surface area (Å²) in [5.41, 5.74) is 5.14. The lowest BCUT2D eigenvalue weighted by atomic mass is 9.91. The first kappa shape index (κ1) is 14.8. The Bertz CT molecular complexity index is 1180. The molecule has 0 N–H and O–H groups in total. The molecule has 0 radical (unpaired) electrons. The molecule has 2 aliphatic carbocycles. The fourth-order valence-electron chi connectivity index (χ4n) is 4.53. The number of benzene rings is 4. The van der Waals surface area contributed by atoms with E-state index in [1.54, 1.807) is 0 Å². The van der Waals surface area contributed by atoms with Crippen LogP contribution in [0.3, 0.4) is 0 Å². The Morgan fingerprint density at radius 2 is 0.963 bits per heavy atom. The lowest BCUT2D eigenvalue weighted by Crippen LogP contribution is -2.04. The van der Waals surface area contributed by atoms with Crippen molar-refractivity contribution in [3.63, 3.8) is 0 Å². The van der Waals surface area contributed by atoms with E-state index in [1.807, 2.05) is 0 Å². The average Bonchev–Trinajstić information content (AvgIpc) is 2.72. The topological polar surface area (TPSA) is 9.23 Å². The van der Waals surface area contributed by atoms with Gasteiger partial charge >= 0.3 is 0 Å². The molecule has 0 saturated carbocycles. The molecule has 0 unspecified atom stereocenters. The predicted molar refractivity (Wildman–Crippen MR) is 112 cm³/mol. The van der Waals surface area contributed by atoms with Crippen molar-refractivity contribution in [2.75, 3.05) is 0 Å². The minimum atomic E-state index is 0.914. The van der Waals surface area contributed by atoms with Crippen molar-refractivity contribution in [2.24, 2.45) is 0 Å². The van der Waals surface area contributed by atoms with E-state index in [2.05, 4.69) is 84.9 Å². The third-order valence-corrected chi connectivity index (χ3v) is 5.75. The summed E-state index contributed by atoms with van der Waals surface area (Å²) in [7, 11) is 0. The summed E-state index contributed by atoms with van der Waals surface area (Å²) in [6.45, 7) is 0. The van der Waals surface area contributed by atoms with Gasteiger partial charge in [-0.3, -0.25) is 0 Å². The van der Waals surface area contributed by atoms with Crippen LogP contribution in [0.2, 0.25) is 0 Å². The lowest BCUT2D eigenvalue weighted by molar-refractivity contribution is 0.468. The maximum atomic E-state index is 6.55. The SMILES string of the molecule is C1=C(OC2=CCc3cccc4cccc2c34)c2cccc3cccc(c23)C1. The number of ether oxygens (including phenoxy) is 1. The summed E-state index contributed by atoms with van der Waals surface area (Å²) in [6, 6.07) is 26.0. The Kier molecular flexibility index (Phi) is 3.06. The standard InChI is InChI=1S/C26H18O/c1-5-17-9-3-11-21-23(15-13-19(7-1)25(17)21)27-24-16-14-20-8-2-6-18-10-4-12-22(24)26(18)20/h1-12,15-16H,13-14H2. The first-order valence-electron chi connectivity index (χ1n) is 9.49. The second-order valence-corrected chi connectivity index (χ2v) is 7.29. The third kappa shape index (κ3) is 2.18. The Morgan fingerprint density at radius 3 is 1.44 bits per heavy atom. The van der Waals surface area contributed by atoms with Crippen molar-refractivity contribution in [1.29, 1.82) is 0 Å². The Labute approximate surface area is 158 Å². The van der Waals surface area contributed by atoms with Crippen LogP contribution in [0.15, 0.2) is 84.9 Å². The van der Waals surface area contributed by atoms with E-state index >= 15 is 0 Å². The summed E-state index contributed by atoms with van der Waals surface area (Å²) in [6.07, 6.45) is 6.27. The third-order valence-electron chi connectivity index (χ3n) is 5.75. The molecule has 0 spiro atoms. The fraction of sp³-hybridized carbons (Fsp3) is 0.0769. The van der Waals surface area contributed by atoms with Gasteiger partial charge in [0.2, 0.25) is 0 Å². The van der Waals surface area contributed by atoms with Crippen molar-refractivity contribution in [2.45, 2.75) is 12.8 Å². The predicted octanol–water partition coefficient (Wildman–Crippen LogP) is 6.50. The first-order chi connectivity index (χ1) is 13.4. The summed E-state index contributed by atoms with van der Waals surface area (Å²) in [5.74, 6) is 1.95. The maximum absolute atomic E-state index is 6.55. The van der Waals surface area contributed by atoms with Crippen LogP contribution in [-0.2, 0) is 17.6 Å². The van der Waals surface area contributed by atoms with Crippen LogP contribution in [0.25, 0.3) is 33.1 Å². The minimum absolute atomic E-state index is 0.914. The quantitative estimate of drug-likeness (QED) is 0.402.